The van der Waals surface area contributed by atoms with Gasteiger partial charge in [-0.3, -0.25) is 4.79 Å². The molecule has 0 radical (unpaired) electrons. The monoisotopic (exact) mass is 220 g/mol. The Morgan fingerprint density at radius 3 is 1.88 bits per heavy atom. The molecule has 1 N–H and O–H groups in total. The number of Topliss-reactive ketones (excluding diaryl/α,β-unsaturated/α-hetero) is 1. The molecule has 2 nitrogen and oxygen atoms in total. The molecule has 0 aromatic heterocycles. The summed E-state index contributed by atoms with van der Waals surface area (Å²) in [5.74, 6) is -0.271. The SMILES string of the molecule is O=C(c1ccccc1)C(O)c1ccccc1.[LiH]. The molecule has 2 aromatic rings. The number of hydrogen-bond donors (Lipinski definition) is 1. The van der Waals surface area contributed by atoms with E-state index >= 15 is 0 Å². The zero-order chi connectivity index (χ0) is 11.4. The van der Waals surface area contributed by atoms with Gasteiger partial charge >= 0.3 is 18.9 Å². The Labute approximate surface area is 112 Å². The van der Waals surface area contributed by atoms with Crippen molar-refractivity contribution in [2.75, 3.05) is 0 Å². The van der Waals surface area contributed by atoms with Gasteiger partial charge in [-0.15, -0.1) is 0 Å². The molecule has 82 valence electrons. The summed E-state index contributed by atoms with van der Waals surface area (Å²) in [7, 11) is 0. The zero-order valence-corrected chi connectivity index (χ0v) is 8.71. The van der Waals surface area contributed by atoms with Gasteiger partial charge in [0.05, 0.1) is 0 Å². The Balaban J connectivity index is 0.00000144. The van der Waals surface area contributed by atoms with Crippen LogP contribution in [-0.4, -0.2) is 29.8 Å². The number of carbonyl (C=O) groups is 1. The molecule has 2 aromatic carbocycles. The van der Waals surface area contributed by atoms with Crippen LogP contribution in [0.4, 0.5) is 0 Å². The molecule has 0 heterocycles. The Morgan fingerprint density at radius 2 is 1.35 bits per heavy atom. The maximum atomic E-state index is 11.9. The van der Waals surface area contributed by atoms with Gasteiger partial charge in [0.15, 0.2) is 5.78 Å². The van der Waals surface area contributed by atoms with E-state index in [2.05, 4.69) is 0 Å². The fraction of sp³-hybridized carbons (Fsp3) is 0.0714. The maximum absolute atomic E-state index is 11.9. The molecule has 0 spiro atoms. The van der Waals surface area contributed by atoms with Crippen molar-refractivity contribution in [2.24, 2.45) is 0 Å². The first-order chi connectivity index (χ1) is 7.79. The molecule has 0 aliphatic rings. The topological polar surface area (TPSA) is 37.3 Å². The first-order valence-electron chi connectivity index (χ1n) is 5.11. The molecule has 0 aliphatic heterocycles. The summed E-state index contributed by atoms with van der Waals surface area (Å²) in [6.07, 6.45) is -1.08. The molecule has 0 bridgehead atoms. The average Bonchev–Trinajstić information content (AvgIpc) is 2.39. The van der Waals surface area contributed by atoms with Crippen molar-refractivity contribution in [3.63, 3.8) is 0 Å². The molecule has 0 aliphatic carbocycles. The van der Waals surface area contributed by atoms with Crippen LogP contribution in [0.15, 0.2) is 60.7 Å². The standard InChI is InChI=1S/C14H12O2.Li.H/c15-13(11-7-3-1-4-8-11)14(16)12-9-5-2-6-10-12;;/h1-10,13,15H;;. The van der Waals surface area contributed by atoms with Crippen LogP contribution in [0.3, 0.4) is 0 Å². The predicted molar refractivity (Wildman–Crippen MR) is 69.3 cm³/mol. The van der Waals surface area contributed by atoms with E-state index in [0.29, 0.717) is 11.1 Å². The molecule has 0 fully saturated rings. The van der Waals surface area contributed by atoms with E-state index in [0.717, 1.165) is 0 Å². The Bertz CT molecular complexity index is 468. The van der Waals surface area contributed by atoms with Crippen molar-refractivity contribution < 1.29 is 9.90 Å². The summed E-state index contributed by atoms with van der Waals surface area (Å²) in [5, 5.41) is 9.89. The van der Waals surface area contributed by atoms with Crippen LogP contribution in [0.1, 0.15) is 22.0 Å². The molecule has 0 saturated carbocycles. The van der Waals surface area contributed by atoms with Crippen molar-refractivity contribution >= 4 is 24.6 Å². The quantitative estimate of drug-likeness (QED) is 0.634. The Hall–Kier alpha value is -1.33. The van der Waals surface area contributed by atoms with Gasteiger partial charge < -0.3 is 5.11 Å². The predicted octanol–water partition coefficient (Wildman–Crippen LogP) is 1.95. The fourth-order valence-corrected chi connectivity index (χ4v) is 1.55. The summed E-state index contributed by atoms with van der Waals surface area (Å²) in [4.78, 5) is 11.9. The normalized spacial score (nSPS) is 11.4. The van der Waals surface area contributed by atoms with E-state index in [1.54, 1.807) is 48.5 Å². The van der Waals surface area contributed by atoms with Crippen molar-refractivity contribution in [1.82, 2.24) is 0 Å². The number of benzene rings is 2. The van der Waals surface area contributed by atoms with Gasteiger partial charge in [0.1, 0.15) is 6.10 Å². The van der Waals surface area contributed by atoms with Crippen LogP contribution in [0.5, 0.6) is 0 Å². The van der Waals surface area contributed by atoms with Gasteiger partial charge in [0.25, 0.3) is 0 Å². The van der Waals surface area contributed by atoms with Gasteiger partial charge in [0, 0.05) is 5.56 Å². The van der Waals surface area contributed by atoms with Gasteiger partial charge in [-0.05, 0) is 5.56 Å². The number of rotatable bonds is 3. The van der Waals surface area contributed by atoms with Crippen LogP contribution < -0.4 is 0 Å². The molecule has 3 heteroatoms. The van der Waals surface area contributed by atoms with Gasteiger partial charge in [-0.1, -0.05) is 60.7 Å². The van der Waals surface area contributed by atoms with Crippen molar-refractivity contribution in [3.05, 3.63) is 71.8 Å². The van der Waals surface area contributed by atoms with Crippen LogP contribution in [0, 0.1) is 0 Å². The minimum atomic E-state index is -1.08. The second kappa shape index (κ2) is 6.41. The van der Waals surface area contributed by atoms with Crippen molar-refractivity contribution in [1.29, 1.82) is 0 Å². The van der Waals surface area contributed by atoms with Crippen LogP contribution in [0.2, 0.25) is 0 Å². The molecule has 17 heavy (non-hydrogen) atoms. The van der Waals surface area contributed by atoms with Gasteiger partial charge in [-0.2, -0.15) is 0 Å². The molecule has 2 rings (SSSR count). The number of hydrogen-bond acceptors (Lipinski definition) is 2. The third-order valence-electron chi connectivity index (χ3n) is 2.42. The number of ketones is 1. The molecule has 0 saturated heterocycles. The first kappa shape index (κ1) is 13.7. The number of carbonyl (C=O) groups excluding carboxylic acids is 1. The molecule has 1 atom stereocenters. The Morgan fingerprint density at radius 1 is 0.882 bits per heavy atom. The summed E-state index contributed by atoms with van der Waals surface area (Å²) in [5.41, 5.74) is 1.15. The second-order valence-electron chi connectivity index (χ2n) is 3.54. The third-order valence-corrected chi connectivity index (χ3v) is 2.42. The van der Waals surface area contributed by atoms with E-state index < -0.39 is 6.10 Å². The molecular weight excluding hydrogens is 207 g/mol. The fourth-order valence-electron chi connectivity index (χ4n) is 1.55. The van der Waals surface area contributed by atoms with E-state index in [9.17, 15) is 9.90 Å². The average molecular weight is 220 g/mol. The van der Waals surface area contributed by atoms with E-state index in [-0.39, 0.29) is 24.6 Å². The third kappa shape index (κ3) is 3.31. The van der Waals surface area contributed by atoms with E-state index in [1.807, 2.05) is 12.1 Å². The second-order valence-corrected chi connectivity index (χ2v) is 3.54. The first-order valence-corrected chi connectivity index (χ1v) is 5.11. The minimum absolute atomic E-state index is 0. The van der Waals surface area contributed by atoms with E-state index in [1.165, 1.54) is 0 Å². The summed E-state index contributed by atoms with van der Waals surface area (Å²) in [6.45, 7) is 0. The number of aliphatic hydroxyl groups is 1. The van der Waals surface area contributed by atoms with Crippen LogP contribution in [-0.2, 0) is 0 Å². The zero-order valence-electron chi connectivity index (χ0n) is 8.71. The Kier molecular flexibility index (Phi) is 5.18. The summed E-state index contributed by atoms with van der Waals surface area (Å²) >= 11 is 0. The summed E-state index contributed by atoms with van der Waals surface area (Å²) in [6, 6.07) is 17.7. The van der Waals surface area contributed by atoms with Crippen LogP contribution in [0.25, 0.3) is 0 Å². The van der Waals surface area contributed by atoms with Crippen molar-refractivity contribution in [3.8, 4) is 0 Å². The summed E-state index contributed by atoms with van der Waals surface area (Å²) < 4.78 is 0. The molecular formula is C14H13LiO2. The molecule has 0 amide bonds. The van der Waals surface area contributed by atoms with Gasteiger partial charge in [0.2, 0.25) is 0 Å². The molecule has 1 unspecified atom stereocenters. The number of aliphatic hydroxyl groups excluding tert-OH is 1. The van der Waals surface area contributed by atoms with E-state index in [4.69, 9.17) is 0 Å². The van der Waals surface area contributed by atoms with Crippen molar-refractivity contribution in [2.45, 2.75) is 6.10 Å². The van der Waals surface area contributed by atoms with Gasteiger partial charge in [-0.25, -0.2) is 0 Å². The van der Waals surface area contributed by atoms with Crippen LogP contribution >= 0.6 is 0 Å².